The maximum atomic E-state index is 13.4. The summed E-state index contributed by atoms with van der Waals surface area (Å²) in [5, 5.41) is 9.51. The molecule has 2 aromatic rings. The molecule has 4 atom stereocenters. The van der Waals surface area contributed by atoms with Gasteiger partial charge in [0.25, 0.3) is 0 Å². The minimum Gasteiger partial charge on any atom is -0.453 e. The first-order valence-corrected chi connectivity index (χ1v) is 14.5. The largest absolute Gasteiger partial charge is 0.453 e. The van der Waals surface area contributed by atoms with Gasteiger partial charge in [-0.05, 0) is 43.0 Å². The summed E-state index contributed by atoms with van der Waals surface area (Å²) >= 11 is 0. The third-order valence-corrected chi connectivity index (χ3v) is 6.91. The van der Waals surface area contributed by atoms with Crippen molar-refractivity contribution in [3.63, 3.8) is 0 Å². The van der Waals surface area contributed by atoms with Crippen LogP contribution in [0.3, 0.4) is 0 Å². The zero-order chi connectivity index (χ0) is 31.9. The SMILES string of the molecule is CC(=O)OC(C(=O)C=CC(=O)CCCOCC(CO)OCc1ccccc1)C(C)C(=O)N1C(=O)OCC1Cc1ccccc1. The smallest absolute Gasteiger partial charge is 0.416 e. The van der Waals surface area contributed by atoms with E-state index in [4.69, 9.17) is 18.9 Å². The lowest BCUT2D eigenvalue weighted by atomic mass is 9.97. The Morgan fingerprint density at radius 1 is 1.02 bits per heavy atom. The molecule has 1 fully saturated rings. The van der Waals surface area contributed by atoms with Crippen molar-refractivity contribution in [1.82, 2.24) is 4.90 Å². The van der Waals surface area contributed by atoms with Crippen molar-refractivity contribution < 1.29 is 48.0 Å². The Balaban J connectivity index is 1.48. The van der Waals surface area contributed by atoms with E-state index >= 15 is 0 Å². The monoisotopic (exact) mass is 609 g/mol. The Morgan fingerprint density at radius 3 is 2.32 bits per heavy atom. The van der Waals surface area contributed by atoms with Crippen molar-refractivity contribution in [2.75, 3.05) is 26.4 Å². The lowest BCUT2D eigenvalue weighted by molar-refractivity contribution is -0.158. The van der Waals surface area contributed by atoms with Crippen LogP contribution in [-0.4, -0.2) is 84.2 Å². The van der Waals surface area contributed by atoms with Gasteiger partial charge in [0.15, 0.2) is 17.7 Å². The van der Waals surface area contributed by atoms with Crippen molar-refractivity contribution in [2.45, 2.75) is 58.0 Å². The number of aliphatic hydroxyl groups excluding tert-OH is 1. The second-order valence-corrected chi connectivity index (χ2v) is 10.4. The van der Waals surface area contributed by atoms with Crippen LogP contribution >= 0.6 is 0 Å². The molecule has 1 heterocycles. The van der Waals surface area contributed by atoms with E-state index in [1.165, 1.54) is 6.92 Å². The summed E-state index contributed by atoms with van der Waals surface area (Å²) in [6.45, 7) is 2.99. The van der Waals surface area contributed by atoms with Crippen molar-refractivity contribution in [3.05, 3.63) is 83.9 Å². The molecule has 11 heteroatoms. The van der Waals surface area contributed by atoms with Gasteiger partial charge in [0.05, 0.1) is 31.8 Å². The van der Waals surface area contributed by atoms with Gasteiger partial charge >= 0.3 is 12.1 Å². The number of carbonyl (C=O) groups is 5. The maximum absolute atomic E-state index is 13.4. The summed E-state index contributed by atoms with van der Waals surface area (Å²) in [5.41, 5.74) is 1.86. The minimum absolute atomic E-state index is 0.00213. The van der Waals surface area contributed by atoms with Gasteiger partial charge in [-0.25, -0.2) is 9.69 Å². The number of ether oxygens (including phenoxy) is 4. The number of allylic oxidation sites excluding steroid dienone is 1. The summed E-state index contributed by atoms with van der Waals surface area (Å²) in [5.74, 6) is -3.86. The summed E-state index contributed by atoms with van der Waals surface area (Å²) < 4.78 is 21.5. The van der Waals surface area contributed by atoms with E-state index in [0.717, 1.165) is 35.1 Å². The highest BCUT2D eigenvalue weighted by molar-refractivity contribution is 6.04. The fourth-order valence-corrected chi connectivity index (χ4v) is 4.56. The number of imide groups is 1. The molecule has 1 aliphatic rings. The quantitative estimate of drug-likeness (QED) is 0.152. The van der Waals surface area contributed by atoms with Gasteiger partial charge < -0.3 is 24.1 Å². The first kappa shape index (κ1) is 34.3. The van der Waals surface area contributed by atoms with Crippen molar-refractivity contribution >= 4 is 29.5 Å². The van der Waals surface area contributed by atoms with Crippen molar-refractivity contribution in [3.8, 4) is 0 Å². The molecule has 2 aromatic carbocycles. The fourth-order valence-electron chi connectivity index (χ4n) is 4.56. The molecule has 4 unspecified atom stereocenters. The van der Waals surface area contributed by atoms with Gasteiger partial charge in [0, 0.05) is 20.0 Å². The third-order valence-electron chi connectivity index (χ3n) is 6.91. The predicted molar refractivity (Wildman–Crippen MR) is 158 cm³/mol. The summed E-state index contributed by atoms with van der Waals surface area (Å²) in [6, 6.07) is 18.2. The molecule has 44 heavy (non-hydrogen) atoms. The molecule has 3 rings (SSSR count). The number of cyclic esters (lactones) is 1. The number of carbonyl (C=O) groups excluding carboxylic acids is 5. The molecular weight excluding hydrogens is 570 g/mol. The molecular formula is C33H39NO10. The van der Waals surface area contributed by atoms with E-state index in [1.807, 2.05) is 60.7 Å². The lowest BCUT2D eigenvalue weighted by Gasteiger charge is -2.26. The van der Waals surface area contributed by atoms with E-state index in [-0.39, 0.29) is 38.6 Å². The van der Waals surface area contributed by atoms with Crippen LogP contribution in [0.15, 0.2) is 72.8 Å². The van der Waals surface area contributed by atoms with E-state index in [0.29, 0.717) is 19.4 Å². The highest BCUT2D eigenvalue weighted by atomic mass is 16.6. The molecule has 1 aliphatic heterocycles. The molecule has 0 saturated carbocycles. The number of benzene rings is 2. The number of hydrogen-bond donors (Lipinski definition) is 1. The van der Waals surface area contributed by atoms with E-state index in [9.17, 15) is 29.1 Å². The summed E-state index contributed by atoms with van der Waals surface area (Å²) in [7, 11) is 0. The van der Waals surface area contributed by atoms with Crippen LogP contribution in [0.5, 0.6) is 0 Å². The van der Waals surface area contributed by atoms with Crippen LogP contribution in [-0.2, 0) is 51.2 Å². The van der Waals surface area contributed by atoms with Crippen LogP contribution in [0.2, 0.25) is 0 Å². The minimum atomic E-state index is -1.54. The number of ketones is 2. The van der Waals surface area contributed by atoms with E-state index < -0.39 is 47.9 Å². The maximum Gasteiger partial charge on any atom is 0.416 e. The topological polar surface area (TPSA) is 146 Å². The second kappa shape index (κ2) is 17.8. The molecule has 1 N–H and O–H groups in total. The molecule has 1 saturated heterocycles. The standard InChI is InChI=1S/C33H39NO10/c1-23(32(39)34-27(21-43-33(34)40)18-25-10-5-3-6-11-25)31(44-24(2)36)30(38)16-15-28(37)14-9-17-41-22-29(19-35)42-20-26-12-7-4-8-13-26/h3-8,10-13,15-16,23,27,29,31,35H,9,14,17-22H2,1-2H3. The second-order valence-electron chi connectivity index (χ2n) is 10.4. The number of nitrogens with zero attached hydrogens (tertiary/aromatic N) is 1. The van der Waals surface area contributed by atoms with Crippen molar-refractivity contribution in [2.24, 2.45) is 5.92 Å². The zero-order valence-corrected chi connectivity index (χ0v) is 25.0. The molecule has 0 aliphatic carbocycles. The average Bonchev–Trinajstić information content (AvgIpc) is 3.39. The molecule has 236 valence electrons. The first-order valence-electron chi connectivity index (χ1n) is 14.5. The number of aliphatic hydroxyl groups is 1. The van der Waals surface area contributed by atoms with Gasteiger partial charge in [-0.2, -0.15) is 0 Å². The molecule has 0 bridgehead atoms. The van der Waals surface area contributed by atoms with Gasteiger partial charge in [0.2, 0.25) is 5.91 Å². The molecule has 0 radical (unpaired) electrons. The third kappa shape index (κ3) is 10.8. The van der Waals surface area contributed by atoms with Crippen LogP contribution in [0, 0.1) is 5.92 Å². The number of amides is 2. The number of hydrogen-bond acceptors (Lipinski definition) is 10. The van der Waals surface area contributed by atoms with E-state index in [2.05, 4.69) is 0 Å². The van der Waals surface area contributed by atoms with Crippen LogP contribution in [0.4, 0.5) is 4.79 Å². The first-order chi connectivity index (χ1) is 21.2. The fraction of sp³-hybridized carbons (Fsp3) is 0.424. The van der Waals surface area contributed by atoms with Gasteiger partial charge in [0.1, 0.15) is 12.7 Å². The Hall–Kier alpha value is -4.19. The van der Waals surface area contributed by atoms with Gasteiger partial charge in [-0.1, -0.05) is 60.7 Å². The average molecular weight is 610 g/mol. The van der Waals surface area contributed by atoms with E-state index in [1.54, 1.807) is 0 Å². The Kier molecular flexibility index (Phi) is 13.9. The molecule has 11 nitrogen and oxygen atoms in total. The predicted octanol–water partition coefficient (Wildman–Crippen LogP) is 3.21. The number of esters is 1. The molecule has 2 amide bonds. The van der Waals surface area contributed by atoms with Crippen LogP contribution in [0.1, 0.15) is 37.8 Å². The highest BCUT2D eigenvalue weighted by Crippen LogP contribution is 2.23. The zero-order valence-electron chi connectivity index (χ0n) is 25.0. The summed E-state index contributed by atoms with van der Waals surface area (Å²) in [6.07, 6.45) is -0.0509. The molecule has 0 aromatic heterocycles. The summed E-state index contributed by atoms with van der Waals surface area (Å²) in [4.78, 5) is 63.9. The Labute approximate surface area is 256 Å². The number of rotatable bonds is 18. The molecule has 0 spiro atoms. The lowest BCUT2D eigenvalue weighted by Crippen LogP contribution is -2.48. The normalized spacial score (nSPS) is 16.8. The van der Waals surface area contributed by atoms with Gasteiger partial charge in [-0.15, -0.1) is 0 Å². The van der Waals surface area contributed by atoms with Gasteiger partial charge in [-0.3, -0.25) is 19.2 Å². The Bertz CT molecular complexity index is 1280. The van der Waals surface area contributed by atoms with Crippen molar-refractivity contribution in [1.29, 1.82) is 0 Å². The van der Waals surface area contributed by atoms with Crippen LogP contribution in [0.25, 0.3) is 0 Å². The highest BCUT2D eigenvalue weighted by Gasteiger charge is 2.43. The Morgan fingerprint density at radius 2 is 1.68 bits per heavy atom. The van der Waals surface area contributed by atoms with Crippen LogP contribution < -0.4 is 0 Å².